The molecule has 0 bridgehead atoms. The van der Waals surface area contributed by atoms with Crippen LogP contribution >= 0.6 is 47.3 Å². The number of anilines is 1. The number of nitrogens with zero attached hydrogens (tertiary/aromatic N) is 5. The van der Waals surface area contributed by atoms with Crippen molar-refractivity contribution in [2.45, 2.75) is 11.4 Å². The number of thioether (sulfide) groups is 2. The smallest absolute Gasteiger partial charge is 0.352 e. The van der Waals surface area contributed by atoms with E-state index in [0.717, 1.165) is 27.9 Å². The number of aromatic nitrogens is 1. The van der Waals surface area contributed by atoms with Crippen molar-refractivity contribution in [2.24, 2.45) is 10.9 Å². The van der Waals surface area contributed by atoms with Crippen molar-refractivity contribution in [2.75, 3.05) is 63.9 Å². The minimum Gasteiger partial charge on any atom is -0.477 e. The summed E-state index contributed by atoms with van der Waals surface area (Å²) >= 11 is 4.09. The molecule has 0 aromatic carbocycles. The van der Waals surface area contributed by atoms with Crippen molar-refractivity contribution in [3.8, 4) is 0 Å². The molecule has 5 heterocycles. The van der Waals surface area contributed by atoms with Crippen LogP contribution < -0.4 is 22.2 Å². The molecule has 0 aliphatic carbocycles. The normalized spacial score (nSPS) is 20.3. The average molecular weight is 716 g/mol. The lowest BCUT2D eigenvalue weighted by Gasteiger charge is -2.49. The van der Waals surface area contributed by atoms with Crippen LogP contribution in [0.25, 0.3) is 0 Å². The second-order valence-corrected chi connectivity index (χ2v) is 12.8. The summed E-state index contributed by atoms with van der Waals surface area (Å²) in [5, 5.41) is 20.7. The van der Waals surface area contributed by atoms with Gasteiger partial charge in [-0.1, -0.05) is 5.16 Å². The van der Waals surface area contributed by atoms with Crippen LogP contribution in [0.15, 0.2) is 57.2 Å². The number of nitrogens with one attached hydrogen (secondary N) is 2. The highest BCUT2D eigenvalue weighted by molar-refractivity contribution is 8.03. The molecule has 46 heavy (non-hydrogen) atoms. The largest absolute Gasteiger partial charge is 0.477 e. The van der Waals surface area contributed by atoms with E-state index in [1.165, 1.54) is 16.7 Å². The van der Waals surface area contributed by atoms with Gasteiger partial charge in [-0.15, -0.1) is 47.3 Å². The van der Waals surface area contributed by atoms with Crippen LogP contribution in [0.4, 0.5) is 5.13 Å². The highest BCUT2D eigenvalue weighted by Gasteiger charge is 2.54. The number of carboxylic acids is 1. The first kappa shape index (κ1) is 35.4. The van der Waals surface area contributed by atoms with Crippen LogP contribution in [0.1, 0.15) is 5.69 Å². The van der Waals surface area contributed by atoms with Gasteiger partial charge in [0, 0.05) is 49.5 Å². The second kappa shape index (κ2) is 16.4. The van der Waals surface area contributed by atoms with Crippen molar-refractivity contribution in [1.82, 2.24) is 30.5 Å². The van der Waals surface area contributed by atoms with Gasteiger partial charge in [0.15, 0.2) is 10.8 Å². The molecule has 2 atom stereocenters. The lowest BCUT2D eigenvalue weighted by atomic mass is 10.0. The molecule has 20 heteroatoms. The Morgan fingerprint density at radius 2 is 2.07 bits per heavy atom. The first-order valence-corrected chi connectivity index (χ1v) is 16.7. The number of carboxylic acid groups (broad SMARTS) is 1. The van der Waals surface area contributed by atoms with Gasteiger partial charge in [0.05, 0.1) is 24.8 Å². The first-order chi connectivity index (χ1) is 21.8. The van der Waals surface area contributed by atoms with Crippen molar-refractivity contribution >= 4 is 75.9 Å². The van der Waals surface area contributed by atoms with E-state index in [1.54, 1.807) is 24.3 Å². The third-order valence-electron chi connectivity index (χ3n) is 6.71. The molecule has 5 rings (SSSR count). The van der Waals surface area contributed by atoms with Crippen molar-refractivity contribution in [3.63, 3.8) is 0 Å². The number of nitrogens with two attached hydrogens (primary N) is 2. The number of hydrogen-bond acceptors (Lipinski definition) is 16. The molecule has 0 spiro atoms. The number of allylic oxidation sites excluding steroid dienone is 2. The molecule has 1 fully saturated rings. The van der Waals surface area contributed by atoms with Crippen LogP contribution in [0.2, 0.25) is 0 Å². The van der Waals surface area contributed by atoms with Crippen LogP contribution in [-0.4, -0.2) is 118 Å². The molecule has 16 nitrogen and oxygen atoms in total. The monoisotopic (exact) mass is 715 g/mol. The maximum Gasteiger partial charge on any atom is 0.352 e. The van der Waals surface area contributed by atoms with E-state index in [9.17, 15) is 19.5 Å². The molecule has 1 aromatic heterocycles. The third kappa shape index (κ3) is 7.91. The predicted molar refractivity (Wildman–Crippen MR) is 177 cm³/mol. The number of nitrogen functional groups attached to an aromatic ring is 1. The molecule has 250 valence electrons. The minimum absolute atomic E-state index is 0. The van der Waals surface area contributed by atoms with Gasteiger partial charge in [0.2, 0.25) is 0 Å². The maximum absolute atomic E-state index is 13.3. The molecular weight excluding hydrogens is 682 g/mol. The fourth-order valence-electron chi connectivity index (χ4n) is 4.67. The van der Waals surface area contributed by atoms with Gasteiger partial charge in [0.25, 0.3) is 11.8 Å². The van der Waals surface area contributed by atoms with E-state index in [-0.39, 0.29) is 54.4 Å². The molecule has 0 unspecified atom stereocenters. The summed E-state index contributed by atoms with van der Waals surface area (Å²) in [6.07, 6.45) is 7.56. The average Bonchev–Trinajstić information content (AvgIpc) is 3.65. The summed E-state index contributed by atoms with van der Waals surface area (Å²) in [6, 6.07) is -0.973. The number of methoxy groups -OCH3 is 1. The van der Waals surface area contributed by atoms with Crippen LogP contribution in [0, 0.1) is 0 Å². The molecule has 0 saturated carbocycles. The summed E-state index contributed by atoms with van der Waals surface area (Å²) in [5.74, 6) is -0.533. The quantitative estimate of drug-likeness (QED) is 0.0672. The van der Waals surface area contributed by atoms with E-state index in [0.29, 0.717) is 31.1 Å². The Balaban J connectivity index is 0.00000480. The Kier molecular flexibility index (Phi) is 12.6. The number of hydrogen-bond donors (Lipinski definition) is 5. The number of carbonyl (C=O) groups is 3. The van der Waals surface area contributed by atoms with Gasteiger partial charge in [-0.05, 0) is 17.7 Å². The van der Waals surface area contributed by atoms with Gasteiger partial charge in [-0.25, -0.2) is 14.8 Å². The molecule has 4 aliphatic heterocycles. The fourth-order valence-corrected chi connectivity index (χ4v) is 7.22. The number of ether oxygens (including phenoxy) is 2. The Morgan fingerprint density at radius 1 is 1.26 bits per heavy atom. The van der Waals surface area contributed by atoms with Gasteiger partial charge < -0.3 is 41.1 Å². The summed E-state index contributed by atoms with van der Waals surface area (Å²) < 4.78 is 10.2. The van der Waals surface area contributed by atoms with Gasteiger partial charge in [-0.3, -0.25) is 19.9 Å². The van der Waals surface area contributed by atoms with Crippen molar-refractivity contribution in [1.29, 1.82) is 0 Å². The number of β-lactam (4-membered cyclic amide) rings is 1. The number of amides is 2. The van der Waals surface area contributed by atoms with E-state index in [2.05, 4.69) is 20.9 Å². The summed E-state index contributed by atoms with van der Waals surface area (Å²) in [4.78, 5) is 51.6. The van der Waals surface area contributed by atoms with Crippen LogP contribution in [0.5, 0.6) is 0 Å². The topological polar surface area (TPSA) is 210 Å². The molecule has 1 saturated heterocycles. The maximum atomic E-state index is 13.3. The van der Waals surface area contributed by atoms with Gasteiger partial charge >= 0.3 is 5.97 Å². The second-order valence-electron chi connectivity index (χ2n) is 9.67. The number of carbonyl (C=O) groups excluding carboxylic acids is 2. The van der Waals surface area contributed by atoms with Gasteiger partial charge in [0.1, 0.15) is 35.2 Å². The lowest BCUT2D eigenvalue weighted by molar-refractivity contribution is -0.150. The molecular formula is C26H34ClN9O7S3. The van der Waals surface area contributed by atoms with E-state index >= 15 is 0 Å². The third-order valence-corrected chi connectivity index (χ3v) is 9.70. The zero-order chi connectivity index (χ0) is 31.9. The van der Waals surface area contributed by atoms with Crippen molar-refractivity contribution in [3.05, 3.63) is 57.7 Å². The van der Waals surface area contributed by atoms with Crippen molar-refractivity contribution < 1.29 is 33.8 Å². The number of hydrazine groups is 1. The van der Waals surface area contributed by atoms with Gasteiger partial charge in [-0.2, -0.15) is 0 Å². The zero-order valence-corrected chi connectivity index (χ0v) is 27.9. The highest BCUT2D eigenvalue weighted by atomic mass is 35.5. The fraction of sp³-hybridized carbons (Fsp3) is 0.423. The molecule has 1 aromatic rings. The number of aliphatic carboxylic acids is 1. The standard InChI is InChI=1S/C26H33N9O7S3.ClH/c1-40-7-8-41-9-10-42-32-19(16-14-45-26(28)29-16)22(36)30-20-23(37)35-21(25(38)39)15(13-44-24(20)35)12-33-5-6-34-18(33)3-2-17(31-34)43-11-4-27;/h2-3,5-6,14,20,24,31H,4,7-13,27H2,1H3,(H2,28,29)(H,30,36)(H,38,39);1H/b32-19-;/t20-,24+;/m1./s1. The Labute approximate surface area is 283 Å². The Morgan fingerprint density at radius 3 is 2.78 bits per heavy atom. The molecule has 0 radical (unpaired) electrons. The highest BCUT2D eigenvalue weighted by Crippen LogP contribution is 2.41. The Bertz CT molecular complexity index is 1470. The minimum atomic E-state index is -1.22. The zero-order valence-electron chi connectivity index (χ0n) is 24.6. The first-order valence-electron chi connectivity index (χ1n) is 13.8. The predicted octanol–water partition coefficient (Wildman–Crippen LogP) is 0.251. The SMILES string of the molecule is COCCOCCO/N=C(\C(=O)N[C@@H]1C(=O)N2C(C(=O)O)=C(CN3C=CN4NC(SCCN)=CC=C34)CS[C@@H]12)c1csc(N)n1.Cl. The number of thiazole rings is 1. The summed E-state index contributed by atoms with van der Waals surface area (Å²) in [7, 11) is 1.56. The summed E-state index contributed by atoms with van der Waals surface area (Å²) in [5.41, 5.74) is 15.2. The van der Waals surface area contributed by atoms with E-state index in [1.807, 2.05) is 34.5 Å². The number of oxime groups is 1. The number of halogens is 1. The molecule has 2 amide bonds. The number of fused-ring (bicyclic) bond motifs is 2. The van der Waals surface area contributed by atoms with E-state index < -0.39 is 29.2 Å². The Hall–Kier alpha value is -3.46. The number of rotatable bonds is 16. The molecule has 7 N–H and O–H groups in total. The van der Waals surface area contributed by atoms with Crippen LogP contribution in [-0.2, 0) is 28.7 Å². The van der Waals surface area contributed by atoms with E-state index in [4.69, 9.17) is 25.8 Å². The summed E-state index contributed by atoms with van der Waals surface area (Å²) in [6.45, 7) is 1.90. The van der Waals surface area contributed by atoms with Crippen LogP contribution in [0.3, 0.4) is 0 Å². The lowest BCUT2D eigenvalue weighted by Crippen LogP contribution is -2.71. The molecule has 4 aliphatic rings.